The van der Waals surface area contributed by atoms with Crippen molar-refractivity contribution in [1.29, 1.82) is 0 Å². The van der Waals surface area contributed by atoms with Gasteiger partial charge in [-0.2, -0.15) is 0 Å². The van der Waals surface area contributed by atoms with Gasteiger partial charge in [-0.3, -0.25) is 0 Å². The van der Waals surface area contributed by atoms with Gasteiger partial charge < -0.3 is 0 Å². The molecule has 0 aliphatic heterocycles. The molecular formula is C47H82. The Morgan fingerprint density at radius 3 is 1.06 bits per heavy atom. The zero-order valence-electron chi connectivity index (χ0n) is 32.4. The van der Waals surface area contributed by atoms with Crippen molar-refractivity contribution >= 4 is 10.8 Å². The topological polar surface area (TPSA) is 0 Å². The predicted octanol–water partition coefficient (Wildman–Crippen LogP) is 16.8. The lowest BCUT2D eigenvalue weighted by atomic mass is 9.89. The summed E-state index contributed by atoms with van der Waals surface area (Å²) in [5.41, 5.74) is 4.88. The Hall–Kier alpha value is -1.30. The van der Waals surface area contributed by atoms with Crippen molar-refractivity contribution in [2.75, 3.05) is 0 Å². The molecule has 0 unspecified atom stereocenters. The maximum atomic E-state index is 2.52. The molecule has 0 atom stereocenters. The molecule has 0 saturated heterocycles. The van der Waals surface area contributed by atoms with Crippen LogP contribution in [0.5, 0.6) is 0 Å². The molecule has 2 aromatic carbocycles. The SMILES string of the molecule is CCCCCCCCCCCCCCCCCCc1cc2ccccc2c(CCCCCCCCCCCCCCCCCC)c1C. The molecule has 0 nitrogen and oxygen atoms in total. The second-order valence-electron chi connectivity index (χ2n) is 15.5. The van der Waals surface area contributed by atoms with Crippen LogP contribution in [-0.2, 0) is 12.8 Å². The third-order valence-electron chi connectivity index (χ3n) is 11.1. The molecule has 47 heavy (non-hydrogen) atoms. The highest BCUT2D eigenvalue weighted by atomic mass is 14.2. The van der Waals surface area contributed by atoms with Crippen LogP contribution in [0.15, 0.2) is 30.3 Å². The first-order valence-electron chi connectivity index (χ1n) is 21.8. The molecule has 2 rings (SSSR count). The maximum Gasteiger partial charge on any atom is -0.0149 e. The summed E-state index contributed by atoms with van der Waals surface area (Å²) < 4.78 is 0. The highest BCUT2D eigenvalue weighted by Gasteiger charge is 2.10. The van der Waals surface area contributed by atoms with Gasteiger partial charge >= 0.3 is 0 Å². The van der Waals surface area contributed by atoms with Gasteiger partial charge in [-0.1, -0.05) is 237 Å². The largest absolute Gasteiger partial charge is 0.0654 e. The quantitative estimate of drug-likeness (QED) is 0.0664. The number of hydrogen-bond acceptors (Lipinski definition) is 0. The van der Waals surface area contributed by atoms with E-state index in [9.17, 15) is 0 Å². The van der Waals surface area contributed by atoms with Gasteiger partial charge in [0.05, 0.1) is 0 Å². The van der Waals surface area contributed by atoms with Crippen LogP contribution in [0.4, 0.5) is 0 Å². The van der Waals surface area contributed by atoms with E-state index in [-0.39, 0.29) is 0 Å². The maximum absolute atomic E-state index is 2.52. The molecule has 0 aromatic heterocycles. The third kappa shape index (κ3) is 21.4. The Morgan fingerprint density at radius 1 is 0.362 bits per heavy atom. The third-order valence-corrected chi connectivity index (χ3v) is 11.1. The predicted molar refractivity (Wildman–Crippen MR) is 215 cm³/mol. The second kappa shape index (κ2) is 30.7. The molecule has 0 saturated carbocycles. The van der Waals surface area contributed by atoms with Crippen molar-refractivity contribution in [3.8, 4) is 0 Å². The molecule has 0 heterocycles. The van der Waals surface area contributed by atoms with E-state index in [0.717, 1.165) is 0 Å². The number of hydrogen-bond donors (Lipinski definition) is 0. The number of rotatable bonds is 34. The van der Waals surface area contributed by atoms with Crippen molar-refractivity contribution in [2.45, 2.75) is 239 Å². The highest BCUT2D eigenvalue weighted by molar-refractivity contribution is 5.87. The van der Waals surface area contributed by atoms with Crippen molar-refractivity contribution in [3.63, 3.8) is 0 Å². The summed E-state index contributed by atoms with van der Waals surface area (Å²) in [5.74, 6) is 0. The standard InChI is InChI=1S/C47H82/c1-4-6-8-10-12-14-16-18-20-22-24-26-28-30-32-34-38-44-42-45-39-36-37-41-47(45)46(43(44)3)40-35-33-31-29-27-25-23-21-19-17-15-13-11-9-7-5-2/h36-37,39,41-42H,4-35,38,40H2,1-3H3. The fourth-order valence-electron chi connectivity index (χ4n) is 7.88. The lowest BCUT2D eigenvalue weighted by molar-refractivity contribution is 0.529. The fourth-order valence-corrected chi connectivity index (χ4v) is 7.88. The van der Waals surface area contributed by atoms with Gasteiger partial charge in [-0.15, -0.1) is 0 Å². The molecule has 0 N–H and O–H groups in total. The van der Waals surface area contributed by atoms with Gasteiger partial charge in [0.1, 0.15) is 0 Å². The summed E-state index contributed by atoms with van der Waals surface area (Å²) in [5, 5.41) is 2.98. The van der Waals surface area contributed by atoms with Crippen molar-refractivity contribution < 1.29 is 0 Å². The van der Waals surface area contributed by atoms with Crippen LogP contribution in [0.25, 0.3) is 10.8 Å². The molecule has 0 amide bonds. The monoisotopic (exact) mass is 647 g/mol. The minimum absolute atomic E-state index is 1.26. The van der Waals surface area contributed by atoms with Crippen LogP contribution < -0.4 is 0 Å². The first-order chi connectivity index (χ1) is 23.3. The molecule has 0 fully saturated rings. The van der Waals surface area contributed by atoms with Gasteiger partial charge in [0.25, 0.3) is 0 Å². The molecule has 0 heteroatoms. The van der Waals surface area contributed by atoms with Gasteiger partial charge in [0.2, 0.25) is 0 Å². The Labute approximate surface area is 296 Å². The first kappa shape index (κ1) is 41.9. The smallest absolute Gasteiger partial charge is 0.0149 e. The number of unbranched alkanes of at least 4 members (excludes halogenated alkanes) is 30. The lowest BCUT2D eigenvalue weighted by Gasteiger charge is -2.16. The number of benzene rings is 2. The Kier molecular flexibility index (Phi) is 27.4. The molecule has 0 aliphatic carbocycles. The minimum atomic E-state index is 1.26. The lowest BCUT2D eigenvalue weighted by Crippen LogP contribution is -1.99. The molecule has 0 aliphatic rings. The average Bonchev–Trinajstić information content (AvgIpc) is 3.09. The van der Waals surface area contributed by atoms with Crippen LogP contribution in [0, 0.1) is 6.92 Å². The Morgan fingerprint density at radius 2 is 0.681 bits per heavy atom. The Balaban J connectivity index is 1.52. The van der Waals surface area contributed by atoms with E-state index in [2.05, 4.69) is 51.1 Å². The van der Waals surface area contributed by atoms with Crippen molar-refractivity contribution in [3.05, 3.63) is 47.0 Å². The van der Waals surface area contributed by atoms with Crippen LogP contribution in [0.2, 0.25) is 0 Å². The molecule has 2 aromatic rings. The van der Waals surface area contributed by atoms with Crippen LogP contribution >= 0.6 is 0 Å². The molecule has 0 spiro atoms. The summed E-state index contributed by atoms with van der Waals surface area (Å²) in [7, 11) is 0. The Bertz CT molecular complexity index is 954. The van der Waals surface area contributed by atoms with Gasteiger partial charge in [0.15, 0.2) is 0 Å². The second-order valence-corrected chi connectivity index (χ2v) is 15.5. The van der Waals surface area contributed by atoms with E-state index in [1.165, 1.54) is 229 Å². The van der Waals surface area contributed by atoms with E-state index < -0.39 is 0 Å². The van der Waals surface area contributed by atoms with E-state index in [1.54, 1.807) is 16.7 Å². The first-order valence-corrected chi connectivity index (χ1v) is 21.8. The normalized spacial score (nSPS) is 11.6. The average molecular weight is 647 g/mol. The number of fused-ring (bicyclic) bond motifs is 1. The van der Waals surface area contributed by atoms with Gasteiger partial charge in [0, 0.05) is 0 Å². The van der Waals surface area contributed by atoms with E-state index >= 15 is 0 Å². The van der Waals surface area contributed by atoms with E-state index in [1.807, 2.05) is 0 Å². The summed E-state index contributed by atoms with van der Waals surface area (Å²) in [6.07, 6.45) is 48.7. The summed E-state index contributed by atoms with van der Waals surface area (Å²) in [6.45, 7) is 7.05. The summed E-state index contributed by atoms with van der Waals surface area (Å²) in [6, 6.07) is 11.7. The van der Waals surface area contributed by atoms with Crippen LogP contribution in [0.1, 0.15) is 236 Å². The minimum Gasteiger partial charge on any atom is -0.0654 e. The zero-order valence-corrected chi connectivity index (χ0v) is 32.4. The van der Waals surface area contributed by atoms with Gasteiger partial charge in [-0.25, -0.2) is 0 Å². The van der Waals surface area contributed by atoms with Crippen LogP contribution in [-0.4, -0.2) is 0 Å². The molecule has 0 radical (unpaired) electrons. The van der Waals surface area contributed by atoms with Gasteiger partial charge in [-0.05, 0) is 60.1 Å². The summed E-state index contributed by atoms with van der Waals surface area (Å²) >= 11 is 0. The molecule has 270 valence electrons. The summed E-state index contributed by atoms with van der Waals surface area (Å²) in [4.78, 5) is 0. The fraction of sp³-hybridized carbons (Fsp3) is 0.787. The highest BCUT2D eigenvalue weighted by Crippen LogP contribution is 2.29. The van der Waals surface area contributed by atoms with E-state index in [4.69, 9.17) is 0 Å². The van der Waals surface area contributed by atoms with Crippen molar-refractivity contribution in [2.24, 2.45) is 0 Å². The van der Waals surface area contributed by atoms with E-state index in [0.29, 0.717) is 0 Å². The van der Waals surface area contributed by atoms with Crippen molar-refractivity contribution in [1.82, 2.24) is 0 Å². The molecular weight excluding hydrogens is 565 g/mol. The van der Waals surface area contributed by atoms with Crippen LogP contribution in [0.3, 0.4) is 0 Å². The molecule has 0 bridgehead atoms. The number of aryl methyl sites for hydroxylation is 2. The zero-order chi connectivity index (χ0) is 33.5.